The van der Waals surface area contributed by atoms with Crippen LogP contribution in [0.3, 0.4) is 0 Å². The molecule has 0 unspecified atom stereocenters. The highest BCUT2D eigenvalue weighted by Gasteiger charge is 2.34. The molecule has 0 aromatic heterocycles. The Morgan fingerprint density at radius 3 is 1.96 bits per heavy atom. The summed E-state index contributed by atoms with van der Waals surface area (Å²) in [5, 5.41) is 22.7. The van der Waals surface area contributed by atoms with Gasteiger partial charge in [0.2, 0.25) is 0 Å². The molecule has 0 aliphatic heterocycles. The van der Waals surface area contributed by atoms with Crippen molar-refractivity contribution in [3.63, 3.8) is 0 Å². The second-order valence-corrected chi connectivity index (χ2v) is 5.82. The van der Waals surface area contributed by atoms with Crippen LogP contribution in [0, 0.1) is 6.92 Å². The molecule has 0 heterocycles. The van der Waals surface area contributed by atoms with E-state index < -0.39 is 24.1 Å². The summed E-state index contributed by atoms with van der Waals surface area (Å²) in [7, 11) is 0. The van der Waals surface area contributed by atoms with Crippen molar-refractivity contribution in [2.24, 2.45) is 0 Å². The molecular weight excluding hydrogens is 308 g/mol. The molecule has 24 heavy (non-hydrogen) atoms. The molecule has 4 N–H and O–H groups in total. The highest BCUT2D eigenvalue weighted by atomic mass is 16.4. The Hall–Kier alpha value is -2.86. The van der Waals surface area contributed by atoms with E-state index in [2.05, 4.69) is 5.32 Å². The molecule has 0 radical (unpaired) electrons. The minimum Gasteiger partial charge on any atom is -0.465 e. The van der Waals surface area contributed by atoms with Crippen LogP contribution >= 0.6 is 0 Å². The number of aliphatic hydroxyl groups is 1. The van der Waals surface area contributed by atoms with Gasteiger partial charge >= 0.3 is 6.09 Å². The standard InChI is InChI=1S/C18H20N2O4/c1-12-3-5-13(6-4-12)14-7-9-15(10-8-14)19-16(22)18(2,11-21)20-17(23)24/h3-10,20-21H,11H2,1-2H3,(H,19,22)(H,23,24)/t18-/m0/s1. The number of rotatable bonds is 5. The van der Waals surface area contributed by atoms with Crippen LogP contribution < -0.4 is 10.6 Å². The zero-order valence-electron chi connectivity index (χ0n) is 13.5. The molecule has 0 spiro atoms. The molecule has 126 valence electrons. The fraction of sp³-hybridized carbons (Fsp3) is 0.222. The molecule has 2 aromatic carbocycles. The molecule has 0 bridgehead atoms. The van der Waals surface area contributed by atoms with Crippen molar-refractivity contribution in [3.8, 4) is 11.1 Å². The second-order valence-electron chi connectivity index (χ2n) is 5.82. The first-order valence-corrected chi connectivity index (χ1v) is 7.44. The van der Waals surface area contributed by atoms with Gasteiger partial charge in [0, 0.05) is 5.69 Å². The summed E-state index contributed by atoms with van der Waals surface area (Å²) in [6.07, 6.45) is -1.38. The van der Waals surface area contributed by atoms with Crippen LogP contribution in [0.2, 0.25) is 0 Å². The largest absolute Gasteiger partial charge is 0.465 e. The molecule has 0 fully saturated rings. The van der Waals surface area contributed by atoms with Crippen LogP contribution in [0.4, 0.5) is 10.5 Å². The van der Waals surface area contributed by atoms with E-state index in [0.29, 0.717) is 5.69 Å². The summed E-state index contributed by atoms with van der Waals surface area (Å²) in [5.74, 6) is -0.629. The van der Waals surface area contributed by atoms with Gasteiger partial charge in [-0.1, -0.05) is 42.0 Å². The number of nitrogens with one attached hydrogen (secondary N) is 2. The third-order valence-corrected chi connectivity index (χ3v) is 3.73. The average Bonchev–Trinajstić information content (AvgIpc) is 2.55. The predicted molar refractivity (Wildman–Crippen MR) is 91.9 cm³/mol. The van der Waals surface area contributed by atoms with Crippen LogP contribution in [0.25, 0.3) is 11.1 Å². The highest BCUT2D eigenvalue weighted by molar-refractivity contribution is 5.99. The van der Waals surface area contributed by atoms with Crippen LogP contribution in [0.15, 0.2) is 48.5 Å². The molecule has 6 nitrogen and oxygen atoms in total. The Kier molecular flexibility index (Phi) is 5.21. The van der Waals surface area contributed by atoms with Crippen LogP contribution in [-0.4, -0.2) is 34.4 Å². The topological polar surface area (TPSA) is 98.7 Å². The van der Waals surface area contributed by atoms with Crippen LogP contribution in [-0.2, 0) is 4.79 Å². The lowest BCUT2D eigenvalue weighted by Crippen LogP contribution is -2.56. The van der Waals surface area contributed by atoms with Gasteiger partial charge < -0.3 is 20.8 Å². The lowest BCUT2D eigenvalue weighted by Gasteiger charge is -2.25. The molecule has 2 rings (SSSR count). The van der Waals surface area contributed by atoms with E-state index in [1.165, 1.54) is 12.5 Å². The maximum atomic E-state index is 12.2. The number of hydrogen-bond donors (Lipinski definition) is 4. The average molecular weight is 328 g/mol. The number of hydrogen-bond acceptors (Lipinski definition) is 3. The lowest BCUT2D eigenvalue weighted by molar-refractivity contribution is -0.123. The summed E-state index contributed by atoms with van der Waals surface area (Å²) in [6, 6.07) is 15.3. The fourth-order valence-corrected chi connectivity index (χ4v) is 2.17. The normalized spacial score (nSPS) is 13.0. The van der Waals surface area contributed by atoms with E-state index in [1.807, 2.05) is 48.6 Å². The van der Waals surface area contributed by atoms with Gasteiger partial charge in [-0.2, -0.15) is 0 Å². The third kappa shape index (κ3) is 4.11. The van der Waals surface area contributed by atoms with Gasteiger partial charge in [-0.3, -0.25) is 4.79 Å². The van der Waals surface area contributed by atoms with Crippen molar-refractivity contribution in [2.45, 2.75) is 19.4 Å². The van der Waals surface area contributed by atoms with Gasteiger partial charge in [0.25, 0.3) is 5.91 Å². The first-order valence-electron chi connectivity index (χ1n) is 7.44. The van der Waals surface area contributed by atoms with Crippen molar-refractivity contribution in [2.75, 3.05) is 11.9 Å². The molecule has 2 amide bonds. The maximum absolute atomic E-state index is 12.2. The van der Waals surface area contributed by atoms with E-state index in [4.69, 9.17) is 5.11 Å². The Balaban J connectivity index is 2.12. The Bertz CT molecular complexity index is 726. The van der Waals surface area contributed by atoms with E-state index in [-0.39, 0.29) is 0 Å². The molecule has 0 aliphatic carbocycles. The van der Waals surface area contributed by atoms with Crippen molar-refractivity contribution in [3.05, 3.63) is 54.1 Å². The van der Waals surface area contributed by atoms with Crippen LogP contribution in [0.1, 0.15) is 12.5 Å². The van der Waals surface area contributed by atoms with Gasteiger partial charge in [-0.15, -0.1) is 0 Å². The molecule has 0 saturated heterocycles. The van der Waals surface area contributed by atoms with E-state index >= 15 is 0 Å². The van der Waals surface area contributed by atoms with Gasteiger partial charge in [-0.25, -0.2) is 4.79 Å². The molecule has 6 heteroatoms. The fourth-order valence-electron chi connectivity index (χ4n) is 2.17. The number of amides is 2. The lowest BCUT2D eigenvalue weighted by atomic mass is 10.0. The summed E-state index contributed by atoms with van der Waals surface area (Å²) in [6.45, 7) is 2.69. The zero-order valence-corrected chi connectivity index (χ0v) is 13.5. The van der Waals surface area contributed by atoms with Crippen molar-refractivity contribution < 1.29 is 19.8 Å². The number of carbonyl (C=O) groups excluding carboxylic acids is 1. The smallest absolute Gasteiger partial charge is 0.405 e. The molecular formula is C18H20N2O4. The molecule has 1 atom stereocenters. The quantitative estimate of drug-likeness (QED) is 0.678. The van der Waals surface area contributed by atoms with E-state index in [0.717, 1.165) is 11.1 Å². The number of benzene rings is 2. The third-order valence-electron chi connectivity index (χ3n) is 3.73. The predicted octanol–water partition coefficient (Wildman–Crippen LogP) is 2.62. The number of aliphatic hydroxyl groups excluding tert-OH is 1. The van der Waals surface area contributed by atoms with E-state index in [1.54, 1.807) is 12.1 Å². The number of aryl methyl sites for hydroxylation is 1. The van der Waals surface area contributed by atoms with Gasteiger partial charge in [0.1, 0.15) is 5.54 Å². The first kappa shape index (κ1) is 17.5. The highest BCUT2D eigenvalue weighted by Crippen LogP contribution is 2.22. The molecule has 0 saturated carbocycles. The second kappa shape index (κ2) is 7.14. The minimum atomic E-state index is -1.61. The Labute approximate surface area is 140 Å². The summed E-state index contributed by atoms with van der Waals surface area (Å²) in [4.78, 5) is 23.0. The van der Waals surface area contributed by atoms with E-state index in [9.17, 15) is 14.7 Å². The zero-order chi connectivity index (χ0) is 17.7. The van der Waals surface area contributed by atoms with Gasteiger partial charge in [0.15, 0.2) is 0 Å². The van der Waals surface area contributed by atoms with Crippen LogP contribution in [0.5, 0.6) is 0 Å². The minimum absolute atomic E-state index is 0.516. The summed E-state index contributed by atoms with van der Waals surface area (Å²) in [5.41, 5.74) is 2.15. The molecule has 2 aromatic rings. The summed E-state index contributed by atoms with van der Waals surface area (Å²) < 4.78 is 0. The summed E-state index contributed by atoms with van der Waals surface area (Å²) >= 11 is 0. The number of carboxylic acid groups (broad SMARTS) is 1. The van der Waals surface area contributed by atoms with Gasteiger partial charge in [0.05, 0.1) is 6.61 Å². The van der Waals surface area contributed by atoms with Crippen molar-refractivity contribution in [1.82, 2.24) is 5.32 Å². The molecule has 0 aliphatic rings. The number of anilines is 1. The van der Waals surface area contributed by atoms with Crippen molar-refractivity contribution >= 4 is 17.7 Å². The SMILES string of the molecule is Cc1ccc(-c2ccc(NC(=O)[C@](C)(CO)NC(=O)O)cc2)cc1. The maximum Gasteiger partial charge on any atom is 0.405 e. The monoisotopic (exact) mass is 328 g/mol. The Morgan fingerprint density at radius 1 is 1.00 bits per heavy atom. The van der Waals surface area contributed by atoms with Gasteiger partial charge in [-0.05, 0) is 37.1 Å². The van der Waals surface area contributed by atoms with Crippen molar-refractivity contribution in [1.29, 1.82) is 0 Å². The Morgan fingerprint density at radius 2 is 1.50 bits per heavy atom. The number of carbonyl (C=O) groups is 2. The first-order chi connectivity index (χ1) is 11.3.